The first-order valence-electron chi connectivity index (χ1n) is 12.1. The van der Waals surface area contributed by atoms with Crippen LogP contribution < -0.4 is 20.1 Å². The standard InChI is InChI=1S/C29H30N2O5/c1-5-19-13-14-24-21(15-19)18(4)27(36-24)29(33)31-23-17-25(34-6-2)22(16-26(23)35-7-3)30-28(32)20-11-9-8-10-12-20/h8-17H,5-7H2,1-4H3,(H,30,32)(H,31,33). The van der Waals surface area contributed by atoms with Gasteiger partial charge in [-0.15, -0.1) is 0 Å². The van der Waals surface area contributed by atoms with Gasteiger partial charge in [-0.3, -0.25) is 9.59 Å². The van der Waals surface area contributed by atoms with Crippen molar-refractivity contribution in [1.29, 1.82) is 0 Å². The number of aryl methyl sites for hydroxylation is 2. The molecule has 36 heavy (non-hydrogen) atoms. The van der Waals surface area contributed by atoms with Crippen molar-refractivity contribution in [1.82, 2.24) is 0 Å². The van der Waals surface area contributed by atoms with Crippen molar-refractivity contribution in [2.24, 2.45) is 0 Å². The van der Waals surface area contributed by atoms with Crippen LogP contribution in [0.25, 0.3) is 11.0 Å². The molecule has 0 atom stereocenters. The fourth-order valence-corrected chi connectivity index (χ4v) is 3.97. The first kappa shape index (κ1) is 24.9. The van der Waals surface area contributed by atoms with E-state index in [9.17, 15) is 9.59 Å². The highest BCUT2D eigenvalue weighted by molar-refractivity contribution is 6.08. The van der Waals surface area contributed by atoms with E-state index in [4.69, 9.17) is 13.9 Å². The predicted octanol–water partition coefficient (Wildman–Crippen LogP) is 6.61. The van der Waals surface area contributed by atoms with Gasteiger partial charge in [0.15, 0.2) is 5.76 Å². The maximum absolute atomic E-state index is 13.3. The lowest BCUT2D eigenvalue weighted by molar-refractivity contribution is 0.0995. The number of benzene rings is 3. The number of ether oxygens (including phenoxy) is 2. The van der Waals surface area contributed by atoms with Gasteiger partial charge in [-0.25, -0.2) is 0 Å². The monoisotopic (exact) mass is 486 g/mol. The van der Waals surface area contributed by atoms with Crippen LogP contribution in [-0.4, -0.2) is 25.0 Å². The van der Waals surface area contributed by atoms with Crippen LogP contribution >= 0.6 is 0 Å². The van der Waals surface area contributed by atoms with Gasteiger partial charge in [0.25, 0.3) is 11.8 Å². The van der Waals surface area contributed by atoms with Crippen molar-refractivity contribution in [2.45, 2.75) is 34.1 Å². The minimum atomic E-state index is -0.397. The lowest BCUT2D eigenvalue weighted by Gasteiger charge is -2.17. The molecule has 0 radical (unpaired) electrons. The molecule has 0 aliphatic rings. The molecule has 3 aromatic carbocycles. The van der Waals surface area contributed by atoms with Gasteiger partial charge < -0.3 is 24.5 Å². The first-order valence-corrected chi connectivity index (χ1v) is 12.1. The summed E-state index contributed by atoms with van der Waals surface area (Å²) < 4.78 is 17.5. The van der Waals surface area contributed by atoms with E-state index in [1.165, 1.54) is 5.56 Å². The molecule has 0 saturated heterocycles. The number of furan rings is 1. The number of carbonyl (C=O) groups is 2. The summed E-state index contributed by atoms with van der Waals surface area (Å²) in [6, 6.07) is 18.1. The van der Waals surface area contributed by atoms with Crippen molar-refractivity contribution < 1.29 is 23.5 Å². The van der Waals surface area contributed by atoms with Crippen molar-refractivity contribution in [3.05, 3.63) is 83.1 Å². The molecule has 4 rings (SSSR count). The maximum Gasteiger partial charge on any atom is 0.291 e. The number of fused-ring (bicyclic) bond motifs is 1. The van der Waals surface area contributed by atoms with Gasteiger partial charge in [-0.05, 0) is 57.0 Å². The Kier molecular flexibility index (Phi) is 7.59. The Morgan fingerprint density at radius 3 is 2.00 bits per heavy atom. The molecule has 4 aromatic rings. The smallest absolute Gasteiger partial charge is 0.291 e. The third-order valence-corrected chi connectivity index (χ3v) is 5.83. The van der Waals surface area contributed by atoms with Crippen LogP contribution in [0.4, 0.5) is 11.4 Å². The second-order valence-electron chi connectivity index (χ2n) is 8.23. The van der Waals surface area contributed by atoms with Crippen molar-refractivity contribution in [3.8, 4) is 11.5 Å². The number of hydrogen-bond acceptors (Lipinski definition) is 5. The Morgan fingerprint density at radius 1 is 0.806 bits per heavy atom. The van der Waals surface area contributed by atoms with E-state index < -0.39 is 5.91 Å². The van der Waals surface area contributed by atoms with Gasteiger partial charge >= 0.3 is 0 Å². The van der Waals surface area contributed by atoms with Crippen LogP contribution in [0.15, 0.2) is 65.1 Å². The molecule has 7 heteroatoms. The van der Waals surface area contributed by atoms with Crippen molar-refractivity contribution in [2.75, 3.05) is 23.8 Å². The van der Waals surface area contributed by atoms with Crippen molar-refractivity contribution in [3.63, 3.8) is 0 Å². The van der Waals surface area contributed by atoms with E-state index in [0.717, 1.165) is 17.4 Å². The Hall–Kier alpha value is -4.26. The third-order valence-electron chi connectivity index (χ3n) is 5.83. The fourth-order valence-electron chi connectivity index (χ4n) is 3.97. The lowest BCUT2D eigenvalue weighted by Crippen LogP contribution is -2.16. The Balaban J connectivity index is 1.67. The SMILES string of the molecule is CCOc1cc(NC(=O)c2oc3ccc(CC)cc3c2C)c(OCC)cc1NC(=O)c1ccccc1. The minimum Gasteiger partial charge on any atom is -0.492 e. The van der Waals surface area contributed by atoms with Crippen LogP contribution in [-0.2, 0) is 6.42 Å². The fraction of sp³-hybridized carbons (Fsp3) is 0.241. The molecule has 0 saturated carbocycles. The van der Waals surface area contributed by atoms with Gasteiger partial charge in [0.2, 0.25) is 0 Å². The topological polar surface area (TPSA) is 89.8 Å². The summed E-state index contributed by atoms with van der Waals surface area (Å²) >= 11 is 0. The average Bonchev–Trinajstić information content (AvgIpc) is 3.22. The largest absolute Gasteiger partial charge is 0.492 e. The molecular formula is C29H30N2O5. The van der Waals surface area contributed by atoms with E-state index in [-0.39, 0.29) is 11.7 Å². The molecule has 7 nitrogen and oxygen atoms in total. The zero-order valence-corrected chi connectivity index (χ0v) is 20.9. The van der Waals surface area contributed by atoms with Gasteiger partial charge in [-0.1, -0.05) is 31.2 Å². The number of nitrogens with one attached hydrogen (secondary N) is 2. The first-order chi connectivity index (χ1) is 17.4. The highest BCUT2D eigenvalue weighted by Crippen LogP contribution is 2.38. The summed E-state index contributed by atoms with van der Waals surface area (Å²) in [7, 11) is 0. The summed E-state index contributed by atoms with van der Waals surface area (Å²) in [5, 5.41) is 6.70. The molecule has 186 valence electrons. The molecule has 0 fully saturated rings. The summed E-state index contributed by atoms with van der Waals surface area (Å²) in [5.74, 6) is 0.376. The summed E-state index contributed by atoms with van der Waals surface area (Å²) in [6.07, 6.45) is 0.896. The van der Waals surface area contributed by atoms with Gasteiger partial charge in [0.1, 0.15) is 17.1 Å². The Morgan fingerprint density at radius 2 is 1.42 bits per heavy atom. The lowest BCUT2D eigenvalue weighted by atomic mass is 10.1. The molecule has 1 aromatic heterocycles. The molecule has 2 amide bonds. The molecule has 0 spiro atoms. The van der Waals surface area contributed by atoms with E-state index >= 15 is 0 Å². The van der Waals surface area contributed by atoms with E-state index in [0.29, 0.717) is 47.2 Å². The Bertz CT molecular complexity index is 1390. The molecular weight excluding hydrogens is 456 g/mol. The molecule has 0 unspecified atom stereocenters. The maximum atomic E-state index is 13.3. The Labute approximate surface area is 210 Å². The zero-order valence-electron chi connectivity index (χ0n) is 20.9. The summed E-state index contributed by atoms with van der Waals surface area (Å²) in [4.78, 5) is 26.0. The molecule has 0 bridgehead atoms. The van der Waals surface area contributed by atoms with E-state index in [1.807, 2.05) is 45.0 Å². The normalized spacial score (nSPS) is 10.8. The van der Waals surface area contributed by atoms with Gasteiger partial charge in [0.05, 0.1) is 24.6 Å². The molecule has 2 N–H and O–H groups in total. The number of hydrogen-bond donors (Lipinski definition) is 2. The zero-order chi connectivity index (χ0) is 25.7. The van der Waals surface area contributed by atoms with Crippen LogP contribution in [0.1, 0.15) is 52.8 Å². The van der Waals surface area contributed by atoms with E-state index in [2.05, 4.69) is 17.6 Å². The van der Waals surface area contributed by atoms with Crippen LogP contribution in [0.5, 0.6) is 11.5 Å². The summed E-state index contributed by atoms with van der Waals surface area (Å²) in [5.41, 5.74) is 3.98. The second kappa shape index (κ2) is 11.0. The predicted molar refractivity (Wildman–Crippen MR) is 141 cm³/mol. The van der Waals surface area contributed by atoms with Gasteiger partial charge in [-0.2, -0.15) is 0 Å². The number of amides is 2. The molecule has 1 heterocycles. The highest BCUT2D eigenvalue weighted by Gasteiger charge is 2.21. The quantitative estimate of drug-likeness (QED) is 0.278. The molecule has 0 aliphatic heterocycles. The van der Waals surface area contributed by atoms with Crippen molar-refractivity contribution >= 4 is 34.2 Å². The second-order valence-corrected chi connectivity index (χ2v) is 8.23. The minimum absolute atomic E-state index is 0.236. The van der Waals surface area contributed by atoms with Gasteiger partial charge in [0, 0.05) is 28.6 Å². The van der Waals surface area contributed by atoms with E-state index in [1.54, 1.807) is 36.4 Å². The van der Waals surface area contributed by atoms with Crippen LogP contribution in [0.2, 0.25) is 0 Å². The average molecular weight is 487 g/mol. The highest BCUT2D eigenvalue weighted by atomic mass is 16.5. The number of carbonyl (C=O) groups excluding carboxylic acids is 2. The van der Waals surface area contributed by atoms with Crippen LogP contribution in [0.3, 0.4) is 0 Å². The summed E-state index contributed by atoms with van der Waals surface area (Å²) in [6.45, 7) is 8.39. The van der Waals surface area contributed by atoms with Crippen LogP contribution in [0, 0.1) is 6.92 Å². The number of anilines is 2. The number of rotatable bonds is 9. The third kappa shape index (κ3) is 5.20. The molecule has 0 aliphatic carbocycles.